The molecule has 0 radical (unpaired) electrons. The molecular weight excluding hydrogens is 482 g/mol. The van der Waals surface area contributed by atoms with Crippen LogP contribution in [0, 0.1) is 10.1 Å². The number of halogens is 1. The highest BCUT2D eigenvalue weighted by Gasteiger charge is 2.34. The van der Waals surface area contributed by atoms with Gasteiger partial charge in [-0.3, -0.25) is 25.1 Å². The molecule has 1 fully saturated rings. The first kappa shape index (κ1) is 23.1. The zero-order valence-corrected chi connectivity index (χ0v) is 19.4. The first-order valence-corrected chi connectivity index (χ1v) is 11.3. The Bertz CT molecular complexity index is 1550. The Kier molecular flexibility index (Phi) is 6.10. The van der Waals surface area contributed by atoms with Gasteiger partial charge in [0.25, 0.3) is 11.8 Å². The summed E-state index contributed by atoms with van der Waals surface area (Å²) in [7, 11) is 0. The van der Waals surface area contributed by atoms with Crippen molar-refractivity contribution in [2.75, 3.05) is 5.01 Å². The van der Waals surface area contributed by atoms with Gasteiger partial charge in [0.05, 0.1) is 15.6 Å². The SMILES string of the molecule is O=C1NN(c2ccccc2)C(=O)/C1=C\c1cc(Cl)c(OCc2cccc3ccccc23)c([N+](=O)[O-])c1. The van der Waals surface area contributed by atoms with Gasteiger partial charge in [0.2, 0.25) is 5.75 Å². The Balaban J connectivity index is 1.45. The molecule has 0 unspecified atom stereocenters. The number of nitro groups is 1. The van der Waals surface area contributed by atoms with E-state index in [1.807, 2.05) is 42.5 Å². The number of amides is 2. The molecule has 0 spiro atoms. The smallest absolute Gasteiger partial charge is 0.313 e. The maximum Gasteiger partial charge on any atom is 0.313 e. The minimum Gasteiger partial charge on any atom is -0.481 e. The molecule has 178 valence electrons. The summed E-state index contributed by atoms with van der Waals surface area (Å²) in [5.74, 6) is -1.30. The number of carbonyl (C=O) groups excluding carboxylic acids is 2. The fourth-order valence-corrected chi connectivity index (χ4v) is 4.29. The molecule has 5 rings (SSSR count). The lowest BCUT2D eigenvalue weighted by Gasteiger charge is -2.13. The van der Waals surface area contributed by atoms with Gasteiger partial charge < -0.3 is 4.74 Å². The van der Waals surface area contributed by atoms with Gasteiger partial charge in [0.1, 0.15) is 12.2 Å². The number of rotatable bonds is 6. The van der Waals surface area contributed by atoms with E-state index in [0.29, 0.717) is 5.69 Å². The average Bonchev–Trinajstić information content (AvgIpc) is 3.16. The van der Waals surface area contributed by atoms with Crippen molar-refractivity contribution in [1.29, 1.82) is 0 Å². The normalized spacial score (nSPS) is 14.4. The van der Waals surface area contributed by atoms with Gasteiger partial charge in [0.15, 0.2) is 0 Å². The highest BCUT2D eigenvalue weighted by molar-refractivity contribution is 6.33. The number of fused-ring (bicyclic) bond motifs is 1. The number of nitrogens with one attached hydrogen (secondary N) is 1. The molecule has 1 aliphatic heterocycles. The molecule has 4 aromatic rings. The number of hydrogen-bond acceptors (Lipinski definition) is 5. The van der Waals surface area contributed by atoms with Gasteiger partial charge in [-0.2, -0.15) is 0 Å². The van der Waals surface area contributed by atoms with E-state index < -0.39 is 16.7 Å². The first-order chi connectivity index (χ1) is 17.4. The van der Waals surface area contributed by atoms with Gasteiger partial charge in [-0.1, -0.05) is 72.3 Å². The van der Waals surface area contributed by atoms with Crippen LogP contribution in [0.2, 0.25) is 5.02 Å². The predicted molar refractivity (Wildman–Crippen MR) is 136 cm³/mol. The topological polar surface area (TPSA) is 102 Å². The summed E-state index contributed by atoms with van der Waals surface area (Å²) < 4.78 is 5.82. The van der Waals surface area contributed by atoms with E-state index in [2.05, 4.69) is 5.43 Å². The second-order valence-corrected chi connectivity index (χ2v) is 8.42. The van der Waals surface area contributed by atoms with Crippen LogP contribution in [0.5, 0.6) is 5.75 Å². The molecule has 0 bridgehead atoms. The summed E-state index contributed by atoms with van der Waals surface area (Å²) in [4.78, 5) is 36.5. The molecule has 0 aliphatic carbocycles. The summed E-state index contributed by atoms with van der Waals surface area (Å²) in [6.07, 6.45) is 1.27. The minimum atomic E-state index is -0.626. The third-order valence-electron chi connectivity index (χ3n) is 5.71. The molecule has 4 aromatic carbocycles. The highest BCUT2D eigenvalue weighted by atomic mass is 35.5. The Morgan fingerprint density at radius 3 is 2.47 bits per heavy atom. The van der Waals surface area contributed by atoms with Crippen molar-refractivity contribution in [2.45, 2.75) is 6.61 Å². The molecule has 36 heavy (non-hydrogen) atoms. The van der Waals surface area contributed by atoms with Crippen LogP contribution >= 0.6 is 11.6 Å². The van der Waals surface area contributed by atoms with Gasteiger partial charge in [-0.15, -0.1) is 0 Å². The van der Waals surface area contributed by atoms with E-state index in [-0.39, 0.29) is 34.2 Å². The van der Waals surface area contributed by atoms with Crippen LogP contribution in [0.25, 0.3) is 16.8 Å². The number of hydrazine groups is 1. The molecule has 1 heterocycles. The predicted octanol–water partition coefficient (Wildman–Crippen LogP) is 5.44. The number of nitro benzene ring substituents is 1. The van der Waals surface area contributed by atoms with Crippen LogP contribution in [0.1, 0.15) is 11.1 Å². The third-order valence-corrected chi connectivity index (χ3v) is 5.99. The van der Waals surface area contributed by atoms with Crippen LogP contribution < -0.4 is 15.2 Å². The second-order valence-electron chi connectivity index (χ2n) is 8.01. The van der Waals surface area contributed by atoms with Gasteiger partial charge >= 0.3 is 5.69 Å². The second kappa shape index (κ2) is 9.52. The van der Waals surface area contributed by atoms with E-state index in [0.717, 1.165) is 21.3 Å². The number of nitrogens with zero attached hydrogens (tertiary/aromatic N) is 2. The molecule has 0 aromatic heterocycles. The fourth-order valence-electron chi connectivity index (χ4n) is 4.01. The third kappa shape index (κ3) is 4.37. The maximum atomic E-state index is 12.8. The molecule has 1 saturated heterocycles. The molecule has 0 atom stereocenters. The van der Waals surface area contributed by atoms with Crippen molar-refractivity contribution in [3.63, 3.8) is 0 Å². The van der Waals surface area contributed by atoms with Crippen molar-refractivity contribution >= 4 is 51.6 Å². The number of carbonyl (C=O) groups is 2. The lowest BCUT2D eigenvalue weighted by atomic mass is 10.1. The number of para-hydroxylation sites is 1. The molecule has 1 aliphatic rings. The van der Waals surface area contributed by atoms with Gasteiger partial charge in [0, 0.05) is 6.07 Å². The monoisotopic (exact) mass is 499 g/mol. The van der Waals surface area contributed by atoms with Crippen molar-refractivity contribution in [1.82, 2.24) is 5.43 Å². The lowest BCUT2D eigenvalue weighted by molar-refractivity contribution is -0.385. The number of benzene rings is 4. The Hall–Kier alpha value is -4.69. The lowest BCUT2D eigenvalue weighted by Crippen LogP contribution is -2.35. The van der Waals surface area contributed by atoms with Crippen LogP contribution in [0.4, 0.5) is 11.4 Å². The molecule has 9 heteroatoms. The van der Waals surface area contributed by atoms with E-state index in [1.54, 1.807) is 30.3 Å². The molecule has 2 amide bonds. The number of hydrogen-bond donors (Lipinski definition) is 1. The minimum absolute atomic E-state index is 0.0120. The Morgan fingerprint density at radius 2 is 1.69 bits per heavy atom. The van der Waals surface area contributed by atoms with Crippen molar-refractivity contribution in [3.8, 4) is 5.75 Å². The van der Waals surface area contributed by atoms with Gasteiger partial charge in [-0.25, -0.2) is 5.01 Å². The van der Waals surface area contributed by atoms with Crippen LogP contribution in [-0.4, -0.2) is 16.7 Å². The summed E-state index contributed by atoms with van der Waals surface area (Å²) in [6.45, 7) is 0.0648. The summed E-state index contributed by atoms with van der Waals surface area (Å²) in [6, 6.07) is 24.7. The Labute approximate surface area is 210 Å². The van der Waals surface area contributed by atoms with Crippen molar-refractivity contribution < 1.29 is 19.2 Å². The van der Waals surface area contributed by atoms with Crippen molar-refractivity contribution in [3.05, 3.63) is 117 Å². The standard InChI is InChI=1S/C27H18ClN3O5/c28-23-14-17(13-22-26(32)29-30(27(22)33)20-10-2-1-3-11-20)15-24(31(34)35)25(23)36-16-19-9-6-8-18-7-4-5-12-21(18)19/h1-15H,16H2,(H,29,32)/b22-13-. The zero-order valence-electron chi connectivity index (χ0n) is 18.7. The van der Waals surface area contributed by atoms with E-state index in [1.165, 1.54) is 18.2 Å². The van der Waals surface area contributed by atoms with Crippen LogP contribution in [0.15, 0.2) is 90.5 Å². The Morgan fingerprint density at radius 1 is 0.972 bits per heavy atom. The fraction of sp³-hybridized carbons (Fsp3) is 0.0370. The quantitative estimate of drug-likeness (QED) is 0.165. The van der Waals surface area contributed by atoms with Crippen LogP contribution in [0.3, 0.4) is 0 Å². The average molecular weight is 500 g/mol. The largest absolute Gasteiger partial charge is 0.481 e. The van der Waals surface area contributed by atoms with Crippen LogP contribution in [-0.2, 0) is 16.2 Å². The van der Waals surface area contributed by atoms with E-state index >= 15 is 0 Å². The number of ether oxygens (including phenoxy) is 1. The first-order valence-electron chi connectivity index (χ1n) is 10.9. The molecular formula is C27H18ClN3O5. The molecule has 1 N–H and O–H groups in total. The van der Waals surface area contributed by atoms with E-state index in [9.17, 15) is 19.7 Å². The summed E-state index contributed by atoms with van der Waals surface area (Å²) >= 11 is 6.39. The van der Waals surface area contributed by atoms with Gasteiger partial charge in [-0.05, 0) is 46.2 Å². The number of anilines is 1. The zero-order chi connectivity index (χ0) is 25.2. The highest BCUT2D eigenvalue weighted by Crippen LogP contribution is 2.38. The molecule has 0 saturated carbocycles. The van der Waals surface area contributed by atoms with Crippen molar-refractivity contribution in [2.24, 2.45) is 0 Å². The van der Waals surface area contributed by atoms with E-state index in [4.69, 9.17) is 16.3 Å². The summed E-state index contributed by atoms with van der Waals surface area (Å²) in [5.41, 5.74) is 3.50. The molecule has 8 nitrogen and oxygen atoms in total. The maximum absolute atomic E-state index is 12.8. The summed E-state index contributed by atoms with van der Waals surface area (Å²) in [5, 5.41) is 14.9.